The largest absolute Gasteiger partial charge is 0.317 e. The highest BCUT2D eigenvalue weighted by molar-refractivity contribution is 6.00. The van der Waals surface area contributed by atoms with Gasteiger partial charge >= 0.3 is 0 Å². The Morgan fingerprint density at radius 2 is 2.00 bits per heavy atom. The van der Waals surface area contributed by atoms with Crippen LogP contribution in [0, 0.1) is 17.2 Å². The molecule has 90 valence electrons. The van der Waals surface area contributed by atoms with E-state index in [0.29, 0.717) is 0 Å². The minimum atomic E-state index is -0.381. The highest BCUT2D eigenvalue weighted by atomic mass is 19.1. The zero-order valence-electron chi connectivity index (χ0n) is 9.71. The van der Waals surface area contributed by atoms with Crippen molar-refractivity contribution >= 4 is 5.78 Å². The molecule has 1 N–H and O–H groups in total. The van der Waals surface area contributed by atoms with Crippen LogP contribution in [0.25, 0.3) is 0 Å². The van der Waals surface area contributed by atoms with Crippen LogP contribution in [0.3, 0.4) is 0 Å². The van der Waals surface area contributed by atoms with Gasteiger partial charge in [-0.15, -0.1) is 0 Å². The third kappa shape index (κ3) is 1.78. The Morgan fingerprint density at radius 1 is 1.29 bits per heavy atom. The molecule has 1 atom stereocenters. The fourth-order valence-corrected chi connectivity index (χ4v) is 3.04. The Morgan fingerprint density at radius 3 is 2.71 bits per heavy atom. The zero-order chi connectivity index (χ0) is 11.9. The lowest BCUT2D eigenvalue weighted by Crippen LogP contribution is -2.30. The molecule has 1 saturated heterocycles. The number of halogens is 1. The summed E-state index contributed by atoms with van der Waals surface area (Å²) in [7, 11) is 0. The van der Waals surface area contributed by atoms with Gasteiger partial charge in [0, 0.05) is 5.92 Å². The Hall–Kier alpha value is -1.22. The second-order valence-electron chi connectivity index (χ2n) is 5.21. The molecular formula is C14H16FNO. The first kappa shape index (κ1) is 10.9. The third-order valence-corrected chi connectivity index (χ3v) is 4.24. The lowest BCUT2D eigenvalue weighted by atomic mass is 9.89. The summed E-state index contributed by atoms with van der Waals surface area (Å²) in [4.78, 5) is 12.2. The molecule has 1 spiro atoms. The number of rotatable bonds is 2. The average Bonchev–Trinajstić information content (AvgIpc) is 3.04. The van der Waals surface area contributed by atoms with E-state index in [1.54, 1.807) is 18.2 Å². The van der Waals surface area contributed by atoms with Gasteiger partial charge in [0.05, 0.1) is 5.56 Å². The monoisotopic (exact) mass is 233 g/mol. The van der Waals surface area contributed by atoms with Crippen molar-refractivity contribution < 1.29 is 9.18 Å². The first-order valence-electron chi connectivity index (χ1n) is 6.22. The van der Waals surface area contributed by atoms with Crippen molar-refractivity contribution in [1.29, 1.82) is 0 Å². The van der Waals surface area contributed by atoms with Gasteiger partial charge in [0.15, 0.2) is 5.78 Å². The van der Waals surface area contributed by atoms with E-state index in [1.165, 1.54) is 6.07 Å². The van der Waals surface area contributed by atoms with E-state index in [1.807, 2.05) is 0 Å². The van der Waals surface area contributed by atoms with Crippen molar-refractivity contribution in [2.24, 2.45) is 11.3 Å². The number of nitrogens with one attached hydrogen (secondary N) is 1. The van der Waals surface area contributed by atoms with Crippen molar-refractivity contribution in [2.45, 2.75) is 19.3 Å². The molecule has 1 aliphatic heterocycles. The van der Waals surface area contributed by atoms with Crippen LogP contribution in [0.15, 0.2) is 24.3 Å². The predicted molar refractivity (Wildman–Crippen MR) is 63.4 cm³/mol. The number of carbonyl (C=O) groups excluding carboxylic acids is 1. The standard InChI is InChI=1S/C14H16FNO/c15-12-4-2-1-3-10(12)13(17)11-9-14(11)5-7-16-8-6-14/h1-4,11,16H,5-9H2. The van der Waals surface area contributed by atoms with Gasteiger partial charge in [-0.25, -0.2) is 4.39 Å². The number of benzene rings is 1. The van der Waals surface area contributed by atoms with Gasteiger partial charge in [0.2, 0.25) is 0 Å². The first-order chi connectivity index (χ1) is 8.23. The molecule has 1 aromatic carbocycles. The van der Waals surface area contributed by atoms with E-state index in [-0.39, 0.29) is 28.5 Å². The maximum absolute atomic E-state index is 13.6. The number of carbonyl (C=O) groups is 1. The summed E-state index contributed by atoms with van der Waals surface area (Å²) in [6.07, 6.45) is 3.05. The van der Waals surface area contributed by atoms with Gasteiger partial charge in [0.1, 0.15) is 5.82 Å². The van der Waals surface area contributed by atoms with Crippen molar-refractivity contribution in [1.82, 2.24) is 5.32 Å². The summed E-state index contributed by atoms with van der Waals surface area (Å²) in [5, 5.41) is 3.31. The van der Waals surface area contributed by atoms with Gasteiger partial charge in [0.25, 0.3) is 0 Å². The first-order valence-corrected chi connectivity index (χ1v) is 6.22. The topological polar surface area (TPSA) is 29.1 Å². The zero-order valence-corrected chi connectivity index (χ0v) is 9.71. The molecule has 1 aliphatic carbocycles. The van der Waals surface area contributed by atoms with Crippen molar-refractivity contribution in [3.05, 3.63) is 35.6 Å². The van der Waals surface area contributed by atoms with Crippen molar-refractivity contribution in [2.75, 3.05) is 13.1 Å². The molecule has 1 aromatic rings. The summed E-state index contributed by atoms with van der Waals surface area (Å²) < 4.78 is 13.6. The van der Waals surface area contributed by atoms with Gasteiger partial charge in [-0.3, -0.25) is 4.79 Å². The minimum absolute atomic E-state index is 0.00463. The lowest BCUT2D eigenvalue weighted by Gasteiger charge is -2.23. The predicted octanol–water partition coefficient (Wildman–Crippen LogP) is 2.40. The number of Topliss-reactive ketones (excluding diaryl/α,β-unsaturated/α-hetero) is 1. The van der Waals surface area contributed by atoms with Crippen molar-refractivity contribution in [3.8, 4) is 0 Å². The maximum Gasteiger partial charge on any atom is 0.169 e. The Balaban J connectivity index is 1.79. The fraction of sp³-hybridized carbons (Fsp3) is 0.500. The second kappa shape index (κ2) is 3.91. The van der Waals surface area contributed by atoms with Gasteiger partial charge < -0.3 is 5.32 Å². The van der Waals surface area contributed by atoms with Crippen LogP contribution in [-0.4, -0.2) is 18.9 Å². The number of ketones is 1. The molecule has 2 fully saturated rings. The van der Waals surface area contributed by atoms with E-state index >= 15 is 0 Å². The minimum Gasteiger partial charge on any atom is -0.317 e. The highest BCUT2D eigenvalue weighted by Crippen LogP contribution is 2.59. The SMILES string of the molecule is O=C(c1ccccc1F)C1CC12CCNCC2. The maximum atomic E-state index is 13.6. The number of hydrogen-bond donors (Lipinski definition) is 1. The summed E-state index contributed by atoms with van der Waals surface area (Å²) in [6, 6.07) is 6.32. The number of hydrogen-bond acceptors (Lipinski definition) is 2. The highest BCUT2D eigenvalue weighted by Gasteiger charge is 2.57. The molecule has 2 nitrogen and oxygen atoms in total. The molecule has 1 saturated carbocycles. The Labute approximate surface area is 100 Å². The fourth-order valence-electron chi connectivity index (χ4n) is 3.04. The van der Waals surface area contributed by atoms with E-state index in [2.05, 4.69) is 5.32 Å². The molecular weight excluding hydrogens is 217 g/mol. The van der Waals surface area contributed by atoms with Gasteiger partial charge in [-0.05, 0) is 49.9 Å². The normalized spacial score (nSPS) is 25.8. The van der Waals surface area contributed by atoms with E-state index < -0.39 is 0 Å². The Bertz CT molecular complexity index is 451. The summed E-state index contributed by atoms with van der Waals surface area (Å²) in [5.74, 6) is -0.319. The summed E-state index contributed by atoms with van der Waals surface area (Å²) in [5.41, 5.74) is 0.456. The van der Waals surface area contributed by atoms with Crippen LogP contribution >= 0.6 is 0 Å². The van der Waals surface area contributed by atoms with Crippen LogP contribution in [0.4, 0.5) is 4.39 Å². The molecule has 3 rings (SSSR count). The molecule has 0 amide bonds. The van der Waals surface area contributed by atoms with Gasteiger partial charge in [-0.1, -0.05) is 12.1 Å². The quantitative estimate of drug-likeness (QED) is 0.795. The molecule has 1 heterocycles. The molecule has 1 unspecified atom stereocenters. The van der Waals surface area contributed by atoms with Crippen LogP contribution in [0.5, 0.6) is 0 Å². The van der Waals surface area contributed by atoms with Crippen LogP contribution in [0.2, 0.25) is 0 Å². The van der Waals surface area contributed by atoms with Crippen molar-refractivity contribution in [3.63, 3.8) is 0 Å². The molecule has 17 heavy (non-hydrogen) atoms. The Kier molecular flexibility index (Phi) is 2.51. The summed E-state index contributed by atoms with van der Waals surface area (Å²) >= 11 is 0. The van der Waals surface area contributed by atoms with Crippen LogP contribution < -0.4 is 5.32 Å². The third-order valence-electron chi connectivity index (χ3n) is 4.24. The van der Waals surface area contributed by atoms with E-state index in [0.717, 1.165) is 32.4 Å². The van der Waals surface area contributed by atoms with Crippen LogP contribution in [-0.2, 0) is 0 Å². The molecule has 3 heteroatoms. The van der Waals surface area contributed by atoms with Crippen LogP contribution in [0.1, 0.15) is 29.6 Å². The van der Waals surface area contributed by atoms with E-state index in [9.17, 15) is 9.18 Å². The lowest BCUT2D eigenvalue weighted by molar-refractivity contribution is 0.0936. The molecule has 0 radical (unpaired) electrons. The molecule has 2 aliphatic rings. The molecule has 0 bridgehead atoms. The van der Waals surface area contributed by atoms with E-state index in [4.69, 9.17) is 0 Å². The molecule has 0 aromatic heterocycles. The second-order valence-corrected chi connectivity index (χ2v) is 5.21. The average molecular weight is 233 g/mol. The summed E-state index contributed by atoms with van der Waals surface area (Å²) in [6.45, 7) is 1.97. The van der Waals surface area contributed by atoms with Gasteiger partial charge in [-0.2, -0.15) is 0 Å². The smallest absolute Gasteiger partial charge is 0.169 e. The number of piperidine rings is 1.